The summed E-state index contributed by atoms with van der Waals surface area (Å²) >= 11 is 0. The number of hydrogen-bond donors (Lipinski definition) is 3. The van der Waals surface area contributed by atoms with E-state index in [-0.39, 0.29) is 11.4 Å². The van der Waals surface area contributed by atoms with Crippen molar-refractivity contribution in [3.05, 3.63) is 24.0 Å². The number of nitrogen functional groups attached to an aromatic ring is 1. The van der Waals surface area contributed by atoms with Crippen LogP contribution in [-0.4, -0.2) is 21.0 Å². The number of hydrogen-bond acceptors (Lipinski definition) is 3. The van der Waals surface area contributed by atoms with Crippen LogP contribution in [0.2, 0.25) is 0 Å². The molecule has 0 aromatic carbocycles. The molecular formula is C8H7N3O2. The van der Waals surface area contributed by atoms with Gasteiger partial charge in [-0.25, -0.2) is 4.79 Å². The third kappa shape index (κ3) is 1.01. The van der Waals surface area contributed by atoms with Crippen molar-refractivity contribution in [3.63, 3.8) is 0 Å². The average molecular weight is 177 g/mol. The zero-order chi connectivity index (χ0) is 9.42. The molecule has 4 N–H and O–H groups in total. The number of nitrogens with two attached hydrogens (primary N) is 1. The molecule has 13 heavy (non-hydrogen) atoms. The molecule has 0 saturated carbocycles. The number of fused-ring (bicyclic) bond motifs is 1. The third-order valence-corrected chi connectivity index (χ3v) is 1.84. The molecular weight excluding hydrogens is 170 g/mol. The molecule has 0 fully saturated rings. The Kier molecular flexibility index (Phi) is 1.45. The Balaban J connectivity index is 2.86. The fourth-order valence-corrected chi connectivity index (χ4v) is 1.30. The molecule has 2 aromatic heterocycles. The Bertz CT molecular complexity index is 475. The Morgan fingerprint density at radius 3 is 3.08 bits per heavy atom. The average Bonchev–Trinajstić information content (AvgIpc) is 2.39. The van der Waals surface area contributed by atoms with Crippen molar-refractivity contribution in [1.29, 1.82) is 0 Å². The molecule has 5 nitrogen and oxygen atoms in total. The summed E-state index contributed by atoms with van der Waals surface area (Å²) in [5, 5.41) is 9.42. The van der Waals surface area contributed by atoms with E-state index >= 15 is 0 Å². The molecule has 2 aromatic rings. The lowest BCUT2D eigenvalue weighted by atomic mass is 10.2. The van der Waals surface area contributed by atoms with E-state index in [9.17, 15) is 4.79 Å². The van der Waals surface area contributed by atoms with Crippen molar-refractivity contribution >= 4 is 22.7 Å². The molecule has 0 saturated heterocycles. The molecule has 0 radical (unpaired) electrons. The van der Waals surface area contributed by atoms with Crippen molar-refractivity contribution < 1.29 is 9.90 Å². The van der Waals surface area contributed by atoms with Crippen LogP contribution in [0.25, 0.3) is 10.9 Å². The van der Waals surface area contributed by atoms with Gasteiger partial charge < -0.3 is 15.8 Å². The van der Waals surface area contributed by atoms with E-state index in [4.69, 9.17) is 10.8 Å². The fourth-order valence-electron chi connectivity index (χ4n) is 1.30. The molecule has 2 rings (SSSR count). The van der Waals surface area contributed by atoms with Gasteiger partial charge in [-0.15, -0.1) is 0 Å². The van der Waals surface area contributed by atoms with E-state index in [1.807, 2.05) is 0 Å². The van der Waals surface area contributed by atoms with Crippen LogP contribution in [0.3, 0.4) is 0 Å². The van der Waals surface area contributed by atoms with E-state index in [1.165, 1.54) is 12.4 Å². The molecule has 0 spiro atoms. The largest absolute Gasteiger partial charge is 0.478 e. The highest BCUT2D eigenvalue weighted by Gasteiger charge is 2.14. The van der Waals surface area contributed by atoms with Gasteiger partial charge >= 0.3 is 5.97 Å². The first-order chi connectivity index (χ1) is 6.20. The van der Waals surface area contributed by atoms with Crippen molar-refractivity contribution in [2.24, 2.45) is 0 Å². The summed E-state index contributed by atoms with van der Waals surface area (Å²) < 4.78 is 0. The lowest BCUT2D eigenvalue weighted by Crippen LogP contribution is -1.99. The van der Waals surface area contributed by atoms with Crippen molar-refractivity contribution in [2.75, 3.05) is 5.73 Å². The number of carboxylic acids is 1. The molecule has 5 heteroatoms. The second-order valence-corrected chi connectivity index (χ2v) is 2.64. The van der Waals surface area contributed by atoms with Crippen LogP contribution < -0.4 is 5.73 Å². The number of H-pyrrole nitrogens is 1. The van der Waals surface area contributed by atoms with Gasteiger partial charge in [0.1, 0.15) is 11.4 Å². The number of pyridine rings is 1. The quantitative estimate of drug-likeness (QED) is 0.601. The topological polar surface area (TPSA) is 92.0 Å². The maximum atomic E-state index is 10.8. The Labute approximate surface area is 73.2 Å². The number of aromatic amines is 1. The molecule has 2 heterocycles. The highest BCUT2D eigenvalue weighted by atomic mass is 16.4. The lowest BCUT2D eigenvalue weighted by Gasteiger charge is -1.91. The van der Waals surface area contributed by atoms with Gasteiger partial charge in [0.2, 0.25) is 0 Å². The molecule has 0 aliphatic heterocycles. The summed E-state index contributed by atoms with van der Waals surface area (Å²) in [7, 11) is 0. The van der Waals surface area contributed by atoms with Crippen molar-refractivity contribution in [3.8, 4) is 0 Å². The van der Waals surface area contributed by atoms with Gasteiger partial charge in [0, 0.05) is 11.6 Å². The minimum Gasteiger partial charge on any atom is -0.478 e. The maximum Gasteiger partial charge on any atom is 0.340 e. The molecule has 66 valence electrons. The predicted molar refractivity (Wildman–Crippen MR) is 47.5 cm³/mol. The highest BCUT2D eigenvalue weighted by Crippen LogP contribution is 2.22. The summed E-state index contributed by atoms with van der Waals surface area (Å²) in [6.45, 7) is 0. The Hall–Kier alpha value is -2.04. The Morgan fingerprint density at radius 2 is 2.38 bits per heavy atom. The van der Waals surface area contributed by atoms with Gasteiger partial charge in [0.25, 0.3) is 0 Å². The van der Waals surface area contributed by atoms with Gasteiger partial charge in [0.15, 0.2) is 0 Å². The molecule has 0 bridgehead atoms. The SMILES string of the molecule is Nc1[nH]c2cnccc2c1C(=O)O. The molecule has 0 amide bonds. The lowest BCUT2D eigenvalue weighted by molar-refractivity contribution is 0.0700. The van der Waals surface area contributed by atoms with Gasteiger partial charge in [-0.3, -0.25) is 4.98 Å². The highest BCUT2D eigenvalue weighted by molar-refractivity contribution is 6.07. The van der Waals surface area contributed by atoms with Crippen LogP contribution in [0.15, 0.2) is 18.5 Å². The van der Waals surface area contributed by atoms with Crippen LogP contribution in [0.4, 0.5) is 5.82 Å². The number of carbonyl (C=O) groups is 1. The summed E-state index contributed by atoms with van der Waals surface area (Å²) in [6, 6.07) is 1.62. The predicted octanol–water partition coefficient (Wildman–Crippen LogP) is 0.843. The second-order valence-electron chi connectivity index (χ2n) is 2.64. The smallest absolute Gasteiger partial charge is 0.340 e. The van der Waals surface area contributed by atoms with Crippen LogP contribution in [0.5, 0.6) is 0 Å². The number of aromatic carboxylic acids is 1. The van der Waals surface area contributed by atoms with Gasteiger partial charge in [-0.2, -0.15) is 0 Å². The first kappa shape index (κ1) is 7.60. The number of nitrogens with one attached hydrogen (secondary N) is 1. The number of aromatic nitrogens is 2. The second kappa shape index (κ2) is 2.48. The molecule has 0 unspecified atom stereocenters. The summed E-state index contributed by atoms with van der Waals surface area (Å²) in [6.07, 6.45) is 3.07. The maximum absolute atomic E-state index is 10.8. The number of carboxylic acid groups (broad SMARTS) is 1. The standard InChI is InChI=1S/C8H7N3O2/c9-7-6(8(12)13)4-1-2-10-3-5(4)11-7/h1-3,11H,9H2,(H,12,13). The zero-order valence-electron chi connectivity index (χ0n) is 6.61. The van der Waals surface area contributed by atoms with Gasteiger partial charge in [-0.1, -0.05) is 0 Å². The normalized spacial score (nSPS) is 10.5. The van der Waals surface area contributed by atoms with E-state index in [0.29, 0.717) is 10.9 Å². The van der Waals surface area contributed by atoms with Crippen molar-refractivity contribution in [1.82, 2.24) is 9.97 Å². The summed E-state index contributed by atoms with van der Waals surface area (Å²) in [5.74, 6) is -0.870. The van der Waals surface area contributed by atoms with Crippen LogP contribution in [-0.2, 0) is 0 Å². The van der Waals surface area contributed by atoms with Crippen LogP contribution >= 0.6 is 0 Å². The fraction of sp³-hybridized carbons (Fsp3) is 0. The molecule has 0 aliphatic carbocycles. The third-order valence-electron chi connectivity index (χ3n) is 1.84. The van der Waals surface area contributed by atoms with E-state index in [0.717, 1.165) is 0 Å². The molecule has 0 atom stereocenters. The minimum atomic E-state index is -1.03. The summed E-state index contributed by atoms with van der Waals surface area (Å²) in [5.41, 5.74) is 6.24. The van der Waals surface area contributed by atoms with Crippen LogP contribution in [0, 0.1) is 0 Å². The Morgan fingerprint density at radius 1 is 1.62 bits per heavy atom. The number of anilines is 1. The number of nitrogens with zero attached hydrogens (tertiary/aromatic N) is 1. The van der Waals surface area contributed by atoms with Crippen LogP contribution in [0.1, 0.15) is 10.4 Å². The first-order valence-corrected chi connectivity index (χ1v) is 3.64. The monoisotopic (exact) mass is 177 g/mol. The van der Waals surface area contributed by atoms with Gasteiger partial charge in [-0.05, 0) is 6.07 Å². The molecule has 0 aliphatic rings. The minimum absolute atomic E-state index is 0.109. The first-order valence-electron chi connectivity index (χ1n) is 3.64. The summed E-state index contributed by atoms with van der Waals surface area (Å²) in [4.78, 5) is 17.4. The number of rotatable bonds is 1. The van der Waals surface area contributed by atoms with E-state index < -0.39 is 5.97 Å². The van der Waals surface area contributed by atoms with Gasteiger partial charge in [0.05, 0.1) is 11.7 Å². The zero-order valence-corrected chi connectivity index (χ0v) is 6.61. The van der Waals surface area contributed by atoms with E-state index in [2.05, 4.69) is 9.97 Å². The van der Waals surface area contributed by atoms with E-state index in [1.54, 1.807) is 6.07 Å². The van der Waals surface area contributed by atoms with Crippen molar-refractivity contribution in [2.45, 2.75) is 0 Å².